The van der Waals surface area contributed by atoms with Crippen LogP contribution in [0.3, 0.4) is 0 Å². The summed E-state index contributed by atoms with van der Waals surface area (Å²) >= 11 is 0. The van der Waals surface area contributed by atoms with Gasteiger partial charge in [0.2, 0.25) is 5.91 Å². The van der Waals surface area contributed by atoms with Gasteiger partial charge in [-0.3, -0.25) is 4.79 Å². The Morgan fingerprint density at radius 2 is 1.78 bits per heavy atom. The Morgan fingerprint density at radius 1 is 1.17 bits per heavy atom. The lowest BCUT2D eigenvalue weighted by atomic mass is 9.73. The number of hydrogen-bond acceptors (Lipinski definition) is 2. The second kappa shape index (κ2) is 5.20. The van der Waals surface area contributed by atoms with Crippen molar-refractivity contribution in [2.24, 2.45) is 11.3 Å². The molecule has 0 radical (unpaired) electrons. The summed E-state index contributed by atoms with van der Waals surface area (Å²) in [6.07, 6.45) is 8.38. The molecule has 18 heavy (non-hydrogen) atoms. The Kier molecular flexibility index (Phi) is 4.00. The Hall–Kier alpha value is -0.570. The summed E-state index contributed by atoms with van der Waals surface area (Å²) < 4.78 is 0. The van der Waals surface area contributed by atoms with Crippen molar-refractivity contribution in [2.45, 2.75) is 70.8 Å². The van der Waals surface area contributed by atoms with Crippen LogP contribution in [0.4, 0.5) is 0 Å². The predicted octanol–water partition coefficient (Wildman–Crippen LogP) is 2.62. The monoisotopic (exact) mass is 253 g/mol. The molecular formula is C15H27NO2. The van der Waals surface area contributed by atoms with Crippen molar-refractivity contribution in [1.29, 1.82) is 0 Å². The highest BCUT2D eigenvalue weighted by molar-refractivity contribution is 5.83. The molecule has 0 atom stereocenters. The van der Waals surface area contributed by atoms with Crippen molar-refractivity contribution in [3.63, 3.8) is 0 Å². The van der Waals surface area contributed by atoms with Crippen molar-refractivity contribution in [1.82, 2.24) is 5.32 Å². The molecule has 2 fully saturated rings. The average Bonchev–Trinajstić information content (AvgIpc) is 2.72. The van der Waals surface area contributed by atoms with Crippen molar-refractivity contribution < 1.29 is 9.90 Å². The molecule has 2 saturated carbocycles. The van der Waals surface area contributed by atoms with Gasteiger partial charge in [0.1, 0.15) is 0 Å². The SMILES string of the molecule is CC(C)CC1(C(=O)NC2(CO)CCC2)CCCC1. The van der Waals surface area contributed by atoms with Gasteiger partial charge in [0.05, 0.1) is 12.1 Å². The molecule has 2 aliphatic carbocycles. The molecule has 3 heteroatoms. The molecule has 0 bridgehead atoms. The normalized spacial score (nSPS) is 24.9. The number of carbonyl (C=O) groups is 1. The first kappa shape index (κ1) is 13.9. The van der Waals surface area contributed by atoms with Gasteiger partial charge in [0.15, 0.2) is 0 Å². The maximum atomic E-state index is 12.6. The van der Waals surface area contributed by atoms with Gasteiger partial charge in [-0.1, -0.05) is 26.7 Å². The van der Waals surface area contributed by atoms with Crippen LogP contribution in [-0.4, -0.2) is 23.2 Å². The lowest BCUT2D eigenvalue weighted by Gasteiger charge is -2.43. The number of aliphatic hydroxyl groups is 1. The highest BCUT2D eigenvalue weighted by atomic mass is 16.3. The zero-order valence-corrected chi connectivity index (χ0v) is 11.8. The minimum Gasteiger partial charge on any atom is -0.394 e. The summed E-state index contributed by atoms with van der Waals surface area (Å²) in [6.45, 7) is 4.48. The summed E-state index contributed by atoms with van der Waals surface area (Å²) in [7, 11) is 0. The zero-order chi connectivity index (χ0) is 13.2. The molecule has 2 rings (SSSR count). The predicted molar refractivity (Wildman–Crippen MR) is 72.2 cm³/mol. The van der Waals surface area contributed by atoms with Gasteiger partial charge in [0.25, 0.3) is 0 Å². The molecule has 0 aromatic carbocycles. The molecule has 1 amide bonds. The summed E-state index contributed by atoms with van der Waals surface area (Å²) in [6, 6.07) is 0. The molecule has 0 aliphatic heterocycles. The molecule has 0 aromatic rings. The molecule has 2 N–H and O–H groups in total. The van der Waals surface area contributed by atoms with Crippen LogP contribution >= 0.6 is 0 Å². The third-order valence-corrected chi connectivity index (χ3v) is 4.83. The third-order valence-electron chi connectivity index (χ3n) is 4.83. The highest BCUT2D eigenvalue weighted by Crippen LogP contribution is 2.44. The maximum Gasteiger partial charge on any atom is 0.226 e. The van der Waals surface area contributed by atoms with E-state index in [0.29, 0.717) is 5.92 Å². The fourth-order valence-electron chi connectivity index (χ4n) is 3.66. The molecule has 0 heterocycles. The van der Waals surface area contributed by atoms with Crippen LogP contribution in [0, 0.1) is 11.3 Å². The Balaban J connectivity index is 2.04. The largest absolute Gasteiger partial charge is 0.394 e. The van der Waals surface area contributed by atoms with Crippen LogP contribution in [0.2, 0.25) is 0 Å². The van der Waals surface area contributed by atoms with E-state index in [-0.39, 0.29) is 23.5 Å². The molecule has 0 aromatic heterocycles. The Labute approximate surface area is 110 Å². The summed E-state index contributed by atoms with van der Waals surface area (Å²) in [5, 5.41) is 12.7. The van der Waals surface area contributed by atoms with E-state index >= 15 is 0 Å². The summed E-state index contributed by atoms with van der Waals surface area (Å²) in [4.78, 5) is 12.6. The zero-order valence-electron chi connectivity index (χ0n) is 11.8. The number of rotatable bonds is 5. The quantitative estimate of drug-likeness (QED) is 0.791. The molecule has 3 nitrogen and oxygen atoms in total. The number of hydrogen-bond donors (Lipinski definition) is 2. The lowest BCUT2D eigenvalue weighted by Crippen LogP contribution is -2.59. The van der Waals surface area contributed by atoms with Crippen molar-refractivity contribution in [3.05, 3.63) is 0 Å². The number of nitrogens with one attached hydrogen (secondary N) is 1. The van der Waals surface area contributed by atoms with Crippen molar-refractivity contribution >= 4 is 5.91 Å². The van der Waals surface area contributed by atoms with E-state index in [1.165, 1.54) is 12.8 Å². The lowest BCUT2D eigenvalue weighted by molar-refractivity contribution is -0.136. The van der Waals surface area contributed by atoms with E-state index in [1.807, 2.05) is 0 Å². The summed E-state index contributed by atoms with van der Waals surface area (Å²) in [5.74, 6) is 0.766. The van der Waals surface area contributed by atoms with E-state index in [9.17, 15) is 9.90 Å². The van der Waals surface area contributed by atoms with Gasteiger partial charge in [0, 0.05) is 5.41 Å². The summed E-state index contributed by atoms with van der Waals surface area (Å²) in [5.41, 5.74) is -0.435. The second-order valence-corrected chi connectivity index (χ2v) is 6.83. The molecule has 0 spiro atoms. The van der Waals surface area contributed by atoms with Crippen LogP contribution in [0.1, 0.15) is 65.2 Å². The van der Waals surface area contributed by atoms with Crippen LogP contribution in [0.25, 0.3) is 0 Å². The minimum absolute atomic E-state index is 0.0937. The van der Waals surface area contributed by atoms with Gasteiger partial charge in [-0.25, -0.2) is 0 Å². The van der Waals surface area contributed by atoms with Crippen LogP contribution in [0.15, 0.2) is 0 Å². The smallest absolute Gasteiger partial charge is 0.226 e. The minimum atomic E-state index is -0.288. The number of carbonyl (C=O) groups excluding carboxylic acids is 1. The third kappa shape index (κ3) is 2.56. The van der Waals surface area contributed by atoms with Crippen molar-refractivity contribution in [2.75, 3.05) is 6.61 Å². The molecule has 0 unspecified atom stereocenters. The second-order valence-electron chi connectivity index (χ2n) is 6.83. The van der Waals surface area contributed by atoms with Gasteiger partial charge in [-0.05, 0) is 44.4 Å². The molecule has 0 saturated heterocycles. The number of aliphatic hydroxyl groups excluding tert-OH is 1. The first-order chi connectivity index (χ1) is 8.52. The van der Waals surface area contributed by atoms with Crippen molar-refractivity contribution in [3.8, 4) is 0 Å². The van der Waals surface area contributed by atoms with Gasteiger partial charge < -0.3 is 10.4 Å². The van der Waals surface area contributed by atoms with Gasteiger partial charge in [-0.2, -0.15) is 0 Å². The molecule has 104 valence electrons. The maximum absolute atomic E-state index is 12.6. The van der Waals surface area contributed by atoms with Gasteiger partial charge >= 0.3 is 0 Å². The highest BCUT2D eigenvalue weighted by Gasteiger charge is 2.46. The molecule has 2 aliphatic rings. The van der Waals surface area contributed by atoms with E-state index in [1.54, 1.807) is 0 Å². The van der Waals surface area contributed by atoms with Gasteiger partial charge in [-0.15, -0.1) is 0 Å². The average molecular weight is 253 g/mol. The Bertz CT molecular complexity index is 296. The van der Waals surface area contributed by atoms with E-state index in [4.69, 9.17) is 0 Å². The van der Waals surface area contributed by atoms with Crippen LogP contribution < -0.4 is 5.32 Å². The first-order valence-corrected chi connectivity index (χ1v) is 7.45. The fourth-order valence-corrected chi connectivity index (χ4v) is 3.66. The topological polar surface area (TPSA) is 49.3 Å². The number of amides is 1. The van der Waals surface area contributed by atoms with E-state index in [0.717, 1.165) is 38.5 Å². The van der Waals surface area contributed by atoms with Crippen LogP contribution in [0.5, 0.6) is 0 Å². The van der Waals surface area contributed by atoms with E-state index < -0.39 is 0 Å². The fraction of sp³-hybridized carbons (Fsp3) is 0.933. The standard InChI is InChI=1S/C15H27NO2/c1-12(2)10-14(6-3-4-7-14)13(18)16-15(11-17)8-5-9-15/h12,17H,3-11H2,1-2H3,(H,16,18). The Morgan fingerprint density at radius 3 is 2.17 bits per heavy atom. The first-order valence-electron chi connectivity index (χ1n) is 7.45. The molecular weight excluding hydrogens is 226 g/mol. The van der Waals surface area contributed by atoms with Crippen LogP contribution in [-0.2, 0) is 4.79 Å². The van der Waals surface area contributed by atoms with E-state index in [2.05, 4.69) is 19.2 Å².